The Morgan fingerprint density at radius 2 is 1.59 bits per heavy atom. The predicted molar refractivity (Wildman–Crippen MR) is 104 cm³/mol. The molecule has 3 atom stereocenters. The predicted octanol–water partition coefficient (Wildman–Crippen LogP) is 1.31. The van der Waals surface area contributed by atoms with Crippen LogP contribution in [0, 0.1) is 11.8 Å². The molecule has 7 nitrogen and oxygen atoms in total. The van der Waals surface area contributed by atoms with Crippen molar-refractivity contribution in [3.8, 4) is 0 Å². The van der Waals surface area contributed by atoms with Crippen LogP contribution in [-0.2, 0) is 20.8 Å². The molecule has 0 bridgehead atoms. The van der Waals surface area contributed by atoms with Gasteiger partial charge in [-0.3, -0.25) is 9.59 Å². The van der Waals surface area contributed by atoms with Crippen LogP contribution in [-0.4, -0.2) is 41.0 Å². The lowest BCUT2D eigenvalue weighted by molar-refractivity contribution is -0.143. The number of hydrogen-bond acceptors (Lipinski definition) is 4. The number of nitrogens with one attached hydrogen (secondary N) is 2. The van der Waals surface area contributed by atoms with Gasteiger partial charge in [0.25, 0.3) is 0 Å². The van der Waals surface area contributed by atoms with Gasteiger partial charge in [-0.2, -0.15) is 0 Å². The smallest absolute Gasteiger partial charge is 0.326 e. The van der Waals surface area contributed by atoms with Crippen LogP contribution in [0.2, 0.25) is 0 Å². The Labute approximate surface area is 160 Å². The molecule has 2 amide bonds. The summed E-state index contributed by atoms with van der Waals surface area (Å²) in [6.45, 7) is 7.34. The van der Waals surface area contributed by atoms with E-state index in [9.17, 15) is 19.5 Å². The van der Waals surface area contributed by atoms with Crippen molar-refractivity contribution in [3.05, 3.63) is 35.9 Å². The van der Waals surface area contributed by atoms with E-state index in [0.29, 0.717) is 6.42 Å². The van der Waals surface area contributed by atoms with E-state index in [1.165, 1.54) is 0 Å². The summed E-state index contributed by atoms with van der Waals surface area (Å²) in [5, 5.41) is 14.5. The van der Waals surface area contributed by atoms with E-state index in [4.69, 9.17) is 5.73 Å². The maximum Gasteiger partial charge on any atom is 0.326 e. The van der Waals surface area contributed by atoms with Crippen LogP contribution in [0.25, 0.3) is 0 Å². The van der Waals surface area contributed by atoms with Gasteiger partial charge in [-0.15, -0.1) is 0 Å². The molecule has 0 saturated carbocycles. The molecule has 0 heterocycles. The normalized spacial score (nSPS) is 14.5. The quantitative estimate of drug-likeness (QED) is 0.490. The monoisotopic (exact) mass is 377 g/mol. The summed E-state index contributed by atoms with van der Waals surface area (Å²) in [6, 6.07) is 6.56. The SMILES string of the molecule is CC(C)C[C@H](N)C(=O)N[C@@H](Cc1ccccc1)C(=O)N[C@H](C(=O)O)C(C)C. The van der Waals surface area contributed by atoms with Crippen LogP contribution in [0.3, 0.4) is 0 Å². The third kappa shape index (κ3) is 7.78. The van der Waals surface area contributed by atoms with Gasteiger partial charge in [-0.05, 0) is 23.8 Å². The van der Waals surface area contributed by atoms with E-state index in [1.807, 2.05) is 44.2 Å². The van der Waals surface area contributed by atoms with Crippen molar-refractivity contribution in [1.29, 1.82) is 0 Å². The number of rotatable bonds is 10. The molecule has 27 heavy (non-hydrogen) atoms. The minimum absolute atomic E-state index is 0.240. The van der Waals surface area contributed by atoms with Gasteiger partial charge in [0, 0.05) is 6.42 Å². The van der Waals surface area contributed by atoms with E-state index >= 15 is 0 Å². The first-order valence-electron chi connectivity index (χ1n) is 9.24. The lowest BCUT2D eigenvalue weighted by Gasteiger charge is -2.24. The molecule has 0 aliphatic rings. The molecular weight excluding hydrogens is 346 g/mol. The zero-order valence-corrected chi connectivity index (χ0v) is 16.4. The molecule has 1 aromatic carbocycles. The molecule has 0 unspecified atom stereocenters. The topological polar surface area (TPSA) is 122 Å². The number of carboxylic acid groups (broad SMARTS) is 1. The minimum atomic E-state index is -1.11. The Balaban J connectivity index is 2.94. The van der Waals surface area contributed by atoms with E-state index in [1.54, 1.807) is 13.8 Å². The molecule has 0 aromatic heterocycles. The van der Waals surface area contributed by atoms with Crippen molar-refractivity contribution < 1.29 is 19.5 Å². The molecule has 0 aliphatic carbocycles. The van der Waals surface area contributed by atoms with Gasteiger partial charge in [0.15, 0.2) is 0 Å². The summed E-state index contributed by atoms with van der Waals surface area (Å²) in [6.07, 6.45) is 0.743. The van der Waals surface area contributed by atoms with Crippen molar-refractivity contribution >= 4 is 17.8 Å². The lowest BCUT2D eigenvalue weighted by atomic mass is 10.0. The highest BCUT2D eigenvalue weighted by Gasteiger charge is 2.29. The Morgan fingerprint density at radius 1 is 1.00 bits per heavy atom. The zero-order chi connectivity index (χ0) is 20.6. The first-order valence-corrected chi connectivity index (χ1v) is 9.24. The summed E-state index contributed by atoms with van der Waals surface area (Å²) in [7, 11) is 0. The average molecular weight is 377 g/mol. The second-order valence-corrected chi connectivity index (χ2v) is 7.56. The maximum atomic E-state index is 12.7. The van der Waals surface area contributed by atoms with E-state index in [-0.39, 0.29) is 18.3 Å². The van der Waals surface area contributed by atoms with Crippen molar-refractivity contribution in [1.82, 2.24) is 10.6 Å². The maximum absolute atomic E-state index is 12.7. The average Bonchev–Trinajstić information content (AvgIpc) is 2.58. The van der Waals surface area contributed by atoms with Crippen molar-refractivity contribution in [3.63, 3.8) is 0 Å². The van der Waals surface area contributed by atoms with Crippen LogP contribution in [0.4, 0.5) is 0 Å². The number of carbonyl (C=O) groups excluding carboxylic acids is 2. The Bertz CT molecular complexity index is 631. The summed E-state index contributed by atoms with van der Waals surface area (Å²) in [4.78, 5) is 36.5. The molecule has 0 fully saturated rings. The van der Waals surface area contributed by atoms with Gasteiger partial charge in [0.2, 0.25) is 11.8 Å². The fourth-order valence-electron chi connectivity index (χ4n) is 2.72. The number of carboxylic acids is 1. The van der Waals surface area contributed by atoms with Crippen LogP contribution in [0.15, 0.2) is 30.3 Å². The lowest BCUT2D eigenvalue weighted by Crippen LogP contribution is -2.56. The standard InChI is InChI=1S/C20H31N3O4/c1-12(2)10-15(21)18(24)22-16(11-14-8-6-5-7-9-14)19(25)23-17(13(3)4)20(26)27/h5-9,12-13,15-17H,10-11,21H2,1-4H3,(H,22,24)(H,23,25)(H,26,27)/t15-,16-,17-/m0/s1. The molecule has 0 aliphatic heterocycles. The summed E-state index contributed by atoms with van der Waals surface area (Å²) >= 11 is 0. The number of carbonyl (C=O) groups is 3. The summed E-state index contributed by atoms with van der Waals surface area (Å²) in [5.41, 5.74) is 6.77. The van der Waals surface area contributed by atoms with Gasteiger partial charge in [0.05, 0.1) is 6.04 Å². The van der Waals surface area contributed by atoms with Crippen molar-refractivity contribution in [2.24, 2.45) is 17.6 Å². The fourth-order valence-corrected chi connectivity index (χ4v) is 2.72. The summed E-state index contributed by atoms with van der Waals surface area (Å²) < 4.78 is 0. The van der Waals surface area contributed by atoms with Gasteiger partial charge in [-0.1, -0.05) is 58.0 Å². The molecule has 0 spiro atoms. The number of hydrogen-bond donors (Lipinski definition) is 4. The van der Waals surface area contributed by atoms with Gasteiger partial charge < -0.3 is 21.5 Å². The molecule has 1 aromatic rings. The van der Waals surface area contributed by atoms with Gasteiger partial charge in [0.1, 0.15) is 12.1 Å². The van der Waals surface area contributed by atoms with Crippen molar-refractivity contribution in [2.75, 3.05) is 0 Å². The Kier molecular flexibility index (Phi) is 8.94. The number of amides is 2. The molecule has 1 rings (SSSR count). The number of nitrogens with two attached hydrogens (primary N) is 1. The van der Waals surface area contributed by atoms with Crippen LogP contribution < -0.4 is 16.4 Å². The fraction of sp³-hybridized carbons (Fsp3) is 0.550. The van der Waals surface area contributed by atoms with Gasteiger partial charge in [-0.25, -0.2) is 4.79 Å². The largest absolute Gasteiger partial charge is 0.480 e. The first-order chi connectivity index (χ1) is 12.6. The third-order valence-corrected chi connectivity index (χ3v) is 4.21. The minimum Gasteiger partial charge on any atom is -0.480 e. The summed E-state index contributed by atoms with van der Waals surface area (Å²) in [5.74, 6) is -2.12. The van der Waals surface area contributed by atoms with Crippen LogP contribution in [0.5, 0.6) is 0 Å². The number of benzene rings is 1. The Morgan fingerprint density at radius 3 is 2.07 bits per heavy atom. The Hall–Kier alpha value is -2.41. The molecule has 5 N–H and O–H groups in total. The van der Waals surface area contributed by atoms with Crippen LogP contribution >= 0.6 is 0 Å². The zero-order valence-electron chi connectivity index (χ0n) is 16.4. The molecule has 0 radical (unpaired) electrons. The second-order valence-electron chi connectivity index (χ2n) is 7.56. The molecule has 0 saturated heterocycles. The van der Waals surface area contributed by atoms with Gasteiger partial charge >= 0.3 is 5.97 Å². The van der Waals surface area contributed by atoms with Crippen molar-refractivity contribution in [2.45, 2.75) is 58.7 Å². The third-order valence-electron chi connectivity index (χ3n) is 4.21. The molecule has 150 valence electrons. The molecular formula is C20H31N3O4. The highest BCUT2D eigenvalue weighted by Crippen LogP contribution is 2.08. The van der Waals surface area contributed by atoms with E-state index in [0.717, 1.165) is 5.56 Å². The highest BCUT2D eigenvalue weighted by atomic mass is 16.4. The van der Waals surface area contributed by atoms with Crippen LogP contribution in [0.1, 0.15) is 39.7 Å². The van der Waals surface area contributed by atoms with E-state index < -0.39 is 35.9 Å². The second kappa shape index (κ2) is 10.7. The van der Waals surface area contributed by atoms with E-state index in [2.05, 4.69) is 10.6 Å². The number of aliphatic carboxylic acids is 1. The highest BCUT2D eigenvalue weighted by molar-refractivity contribution is 5.92. The first kappa shape index (κ1) is 22.6. The molecule has 7 heteroatoms.